The Morgan fingerprint density at radius 1 is 1.40 bits per heavy atom. The van der Waals surface area contributed by atoms with Gasteiger partial charge in [0.2, 0.25) is 5.91 Å². The summed E-state index contributed by atoms with van der Waals surface area (Å²) in [5, 5.41) is 3.94. The zero-order valence-corrected chi connectivity index (χ0v) is 12.7. The molecule has 1 aromatic carbocycles. The molecule has 1 N–H and O–H groups in total. The third-order valence-electron chi connectivity index (χ3n) is 3.97. The van der Waals surface area contributed by atoms with Gasteiger partial charge in [0.1, 0.15) is 0 Å². The Morgan fingerprint density at radius 3 is 2.75 bits per heavy atom. The number of carbonyl (C=O) groups is 1. The van der Waals surface area contributed by atoms with Gasteiger partial charge >= 0.3 is 0 Å². The first-order valence-corrected chi connectivity index (χ1v) is 6.97. The molecule has 0 aliphatic rings. The number of carbonyl (C=O) groups excluding carboxylic acids is 1. The van der Waals surface area contributed by atoms with Gasteiger partial charge in [-0.1, -0.05) is 18.2 Å². The molecule has 1 amide bonds. The average Bonchev–Trinajstić information content (AvgIpc) is 2.75. The minimum Gasteiger partial charge on any atom is -0.359 e. The normalized spacial score (nSPS) is 12.8. The van der Waals surface area contributed by atoms with E-state index in [4.69, 9.17) is 0 Å². The highest BCUT2D eigenvalue weighted by Crippen LogP contribution is 2.20. The molecule has 0 unspecified atom stereocenters. The number of para-hydroxylation sites is 1. The van der Waals surface area contributed by atoms with Crippen molar-refractivity contribution in [2.75, 3.05) is 14.1 Å². The Labute approximate surface area is 120 Å². The maximum absolute atomic E-state index is 11.4. The second-order valence-corrected chi connectivity index (χ2v) is 5.39. The van der Waals surface area contributed by atoms with Crippen molar-refractivity contribution < 1.29 is 4.79 Å². The van der Waals surface area contributed by atoms with Crippen LogP contribution >= 0.6 is 0 Å². The van der Waals surface area contributed by atoms with Gasteiger partial charge in [-0.3, -0.25) is 9.69 Å². The first-order chi connectivity index (χ1) is 9.52. The molecule has 0 saturated carbocycles. The average molecular weight is 273 g/mol. The number of nitrogens with zero attached hydrogens (tertiary/aromatic N) is 2. The van der Waals surface area contributed by atoms with E-state index in [1.807, 2.05) is 0 Å². The maximum Gasteiger partial charge on any atom is 0.221 e. The van der Waals surface area contributed by atoms with Crippen molar-refractivity contribution in [3.05, 3.63) is 36.0 Å². The molecule has 1 atom stereocenters. The number of benzene rings is 1. The molecule has 2 rings (SSSR count). The van der Waals surface area contributed by atoms with E-state index in [1.54, 1.807) is 7.05 Å². The lowest BCUT2D eigenvalue weighted by molar-refractivity contribution is -0.121. The van der Waals surface area contributed by atoms with Gasteiger partial charge in [0.05, 0.1) is 0 Å². The lowest BCUT2D eigenvalue weighted by Gasteiger charge is -2.24. The van der Waals surface area contributed by atoms with Gasteiger partial charge in [0.25, 0.3) is 0 Å². The minimum absolute atomic E-state index is 0.0846. The Balaban J connectivity index is 2.11. The Bertz CT molecular complexity index is 603. The second-order valence-electron chi connectivity index (χ2n) is 5.39. The van der Waals surface area contributed by atoms with Crippen LogP contribution in [0.4, 0.5) is 0 Å². The van der Waals surface area contributed by atoms with E-state index in [0.717, 1.165) is 6.54 Å². The van der Waals surface area contributed by atoms with Crippen molar-refractivity contribution in [3.8, 4) is 0 Å². The fraction of sp³-hybridized carbons (Fsp3) is 0.438. The van der Waals surface area contributed by atoms with Gasteiger partial charge < -0.3 is 9.88 Å². The molecular formula is C16H23N3O. The topological polar surface area (TPSA) is 37.3 Å². The summed E-state index contributed by atoms with van der Waals surface area (Å²) < 4.78 is 2.22. The van der Waals surface area contributed by atoms with Crippen molar-refractivity contribution in [2.24, 2.45) is 7.05 Å². The van der Waals surface area contributed by atoms with Crippen LogP contribution in [0.5, 0.6) is 0 Å². The molecule has 0 saturated heterocycles. The predicted molar refractivity (Wildman–Crippen MR) is 82.5 cm³/mol. The van der Waals surface area contributed by atoms with Gasteiger partial charge in [-0.15, -0.1) is 0 Å². The summed E-state index contributed by atoms with van der Waals surface area (Å²) in [5.74, 6) is 0.0846. The monoisotopic (exact) mass is 273 g/mol. The van der Waals surface area contributed by atoms with Crippen LogP contribution < -0.4 is 5.32 Å². The highest BCUT2D eigenvalue weighted by molar-refractivity contribution is 5.81. The third kappa shape index (κ3) is 3.02. The van der Waals surface area contributed by atoms with Crippen molar-refractivity contribution in [1.82, 2.24) is 14.8 Å². The van der Waals surface area contributed by atoms with E-state index in [-0.39, 0.29) is 11.9 Å². The SMILES string of the molecule is CNC(=O)C[C@H](C)N(C)Cc1cc2ccccc2n1C. The smallest absolute Gasteiger partial charge is 0.221 e. The van der Waals surface area contributed by atoms with Gasteiger partial charge in [0, 0.05) is 44.3 Å². The maximum atomic E-state index is 11.4. The molecule has 0 aliphatic carbocycles. The summed E-state index contributed by atoms with van der Waals surface area (Å²) in [6.07, 6.45) is 0.525. The first kappa shape index (κ1) is 14.6. The molecule has 108 valence electrons. The first-order valence-electron chi connectivity index (χ1n) is 6.97. The van der Waals surface area contributed by atoms with E-state index >= 15 is 0 Å². The number of hydrogen-bond donors (Lipinski definition) is 1. The molecule has 0 aliphatic heterocycles. The summed E-state index contributed by atoms with van der Waals surface area (Å²) >= 11 is 0. The standard InChI is InChI=1S/C16H23N3O/c1-12(9-16(20)17-2)18(3)11-14-10-13-7-5-6-8-15(13)19(14)4/h5-8,10,12H,9,11H2,1-4H3,(H,17,20)/t12-/m0/s1. The van der Waals surface area contributed by atoms with Crippen molar-refractivity contribution in [3.63, 3.8) is 0 Å². The predicted octanol–water partition coefficient (Wildman–Crippen LogP) is 2.13. The molecule has 0 bridgehead atoms. The molecule has 4 heteroatoms. The number of aromatic nitrogens is 1. The number of amides is 1. The fourth-order valence-corrected chi connectivity index (χ4v) is 2.44. The molecule has 0 radical (unpaired) electrons. The lowest BCUT2D eigenvalue weighted by atomic mass is 10.2. The molecule has 4 nitrogen and oxygen atoms in total. The summed E-state index contributed by atoms with van der Waals surface area (Å²) in [6.45, 7) is 2.92. The minimum atomic E-state index is 0.0846. The van der Waals surface area contributed by atoms with Crippen LogP contribution in [0.25, 0.3) is 10.9 Å². The van der Waals surface area contributed by atoms with E-state index in [1.165, 1.54) is 16.6 Å². The van der Waals surface area contributed by atoms with Crippen LogP contribution in [0.15, 0.2) is 30.3 Å². The molecule has 20 heavy (non-hydrogen) atoms. The van der Waals surface area contributed by atoms with E-state index in [0.29, 0.717) is 6.42 Å². The summed E-state index contributed by atoms with van der Waals surface area (Å²) in [7, 11) is 5.83. The van der Waals surface area contributed by atoms with Crippen LogP contribution in [0.1, 0.15) is 19.0 Å². The number of hydrogen-bond acceptors (Lipinski definition) is 2. The number of aryl methyl sites for hydroxylation is 1. The molecule has 1 heterocycles. The Hall–Kier alpha value is -1.81. The Kier molecular flexibility index (Phi) is 4.45. The lowest BCUT2D eigenvalue weighted by Crippen LogP contribution is -2.34. The molecule has 2 aromatic rings. The highest BCUT2D eigenvalue weighted by Gasteiger charge is 2.15. The van der Waals surface area contributed by atoms with Crippen LogP contribution in [0.3, 0.4) is 0 Å². The summed E-state index contributed by atoms with van der Waals surface area (Å²) in [4.78, 5) is 13.7. The van der Waals surface area contributed by atoms with Crippen LogP contribution in [-0.4, -0.2) is 35.5 Å². The fourth-order valence-electron chi connectivity index (χ4n) is 2.44. The van der Waals surface area contributed by atoms with Crippen LogP contribution in [0.2, 0.25) is 0 Å². The van der Waals surface area contributed by atoms with E-state index < -0.39 is 0 Å². The number of rotatable bonds is 5. The molecule has 1 aromatic heterocycles. The van der Waals surface area contributed by atoms with Crippen LogP contribution in [0, 0.1) is 0 Å². The third-order valence-corrected chi connectivity index (χ3v) is 3.97. The Morgan fingerprint density at radius 2 is 2.10 bits per heavy atom. The zero-order valence-electron chi connectivity index (χ0n) is 12.7. The summed E-state index contributed by atoms with van der Waals surface area (Å²) in [6, 6.07) is 10.8. The van der Waals surface area contributed by atoms with Crippen molar-refractivity contribution in [1.29, 1.82) is 0 Å². The molecule has 0 fully saturated rings. The van der Waals surface area contributed by atoms with Gasteiger partial charge in [0.15, 0.2) is 0 Å². The van der Waals surface area contributed by atoms with Gasteiger partial charge in [-0.2, -0.15) is 0 Å². The zero-order chi connectivity index (χ0) is 14.7. The van der Waals surface area contributed by atoms with E-state index in [9.17, 15) is 4.79 Å². The number of fused-ring (bicyclic) bond motifs is 1. The quantitative estimate of drug-likeness (QED) is 0.906. The second kappa shape index (κ2) is 6.09. The summed E-state index contributed by atoms with van der Waals surface area (Å²) in [5.41, 5.74) is 2.51. The van der Waals surface area contributed by atoms with Gasteiger partial charge in [-0.05, 0) is 31.5 Å². The van der Waals surface area contributed by atoms with Crippen LogP contribution in [-0.2, 0) is 18.4 Å². The highest BCUT2D eigenvalue weighted by atomic mass is 16.1. The van der Waals surface area contributed by atoms with Crippen molar-refractivity contribution in [2.45, 2.75) is 25.9 Å². The number of nitrogens with one attached hydrogen (secondary N) is 1. The molecule has 0 spiro atoms. The molecular weight excluding hydrogens is 250 g/mol. The van der Waals surface area contributed by atoms with E-state index in [2.05, 4.69) is 66.1 Å². The largest absolute Gasteiger partial charge is 0.359 e. The van der Waals surface area contributed by atoms with Crippen molar-refractivity contribution >= 4 is 16.8 Å². The van der Waals surface area contributed by atoms with Gasteiger partial charge in [-0.25, -0.2) is 0 Å².